The lowest BCUT2D eigenvalue weighted by atomic mass is 10.1. The fourth-order valence-corrected chi connectivity index (χ4v) is 1.93. The normalized spacial score (nSPS) is 16.5. The number of aryl methyl sites for hydroxylation is 1. The van der Waals surface area contributed by atoms with E-state index in [0.29, 0.717) is 0 Å². The van der Waals surface area contributed by atoms with Crippen molar-refractivity contribution in [3.63, 3.8) is 0 Å². The monoisotopic (exact) mass is 272 g/mol. The van der Waals surface area contributed by atoms with E-state index < -0.39 is 23.6 Å². The molecular formula is C12H11F3N2O2. The van der Waals surface area contributed by atoms with Crippen molar-refractivity contribution in [2.24, 2.45) is 0 Å². The molecule has 0 saturated carbocycles. The van der Waals surface area contributed by atoms with Gasteiger partial charge in [-0.05, 0) is 24.6 Å². The first-order valence-corrected chi connectivity index (χ1v) is 5.53. The minimum Gasteiger partial charge on any atom is -0.353 e. The summed E-state index contributed by atoms with van der Waals surface area (Å²) in [6.07, 6.45) is -4.46. The average Bonchev–Trinajstić information content (AvgIpc) is 2.26. The Kier molecular flexibility index (Phi) is 3.21. The molecule has 2 amide bonds. The Labute approximate surface area is 107 Å². The van der Waals surface area contributed by atoms with Gasteiger partial charge in [-0.25, -0.2) is 0 Å². The lowest BCUT2D eigenvalue weighted by molar-refractivity contribution is -0.138. The fourth-order valence-electron chi connectivity index (χ4n) is 1.93. The highest BCUT2D eigenvalue weighted by molar-refractivity contribution is 6.02. The number of halogens is 3. The highest BCUT2D eigenvalue weighted by atomic mass is 19.4. The van der Waals surface area contributed by atoms with E-state index in [-0.39, 0.29) is 24.3 Å². The summed E-state index contributed by atoms with van der Waals surface area (Å²) in [5, 5.41) is 2.09. The van der Waals surface area contributed by atoms with Crippen LogP contribution in [0.15, 0.2) is 18.2 Å². The van der Waals surface area contributed by atoms with Gasteiger partial charge in [0.1, 0.15) is 0 Å². The zero-order valence-electron chi connectivity index (χ0n) is 10.0. The van der Waals surface area contributed by atoms with E-state index in [1.54, 1.807) is 0 Å². The number of alkyl halides is 3. The first kappa shape index (κ1) is 13.4. The Morgan fingerprint density at radius 1 is 1.16 bits per heavy atom. The van der Waals surface area contributed by atoms with E-state index in [4.69, 9.17) is 0 Å². The number of piperazine rings is 1. The van der Waals surface area contributed by atoms with Gasteiger partial charge in [0.05, 0.1) is 18.7 Å². The van der Waals surface area contributed by atoms with E-state index >= 15 is 0 Å². The van der Waals surface area contributed by atoms with Crippen molar-refractivity contribution >= 4 is 17.5 Å². The molecule has 1 fully saturated rings. The van der Waals surface area contributed by atoms with E-state index in [2.05, 4.69) is 5.32 Å². The molecule has 0 unspecified atom stereocenters. The molecule has 1 aromatic rings. The zero-order valence-corrected chi connectivity index (χ0v) is 10.0. The molecule has 1 aliphatic rings. The molecule has 1 saturated heterocycles. The number of carbonyl (C=O) groups is 2. The molecule has 1 heterocycles. The highest BCUT2D eigenvalue weighted by Gasteiger charge is 2.33. The summed E-state index contributed by atoms with van der Waals surface area (Å²) in [5.74, 6) is -1.05. The standard InChI is InChI=1S/C12H11F3N2O2/c1-7-2-3-8(4-9(7)12(13,14)15)17-5-10(18)16-11(19)6-17/h2-4H,5-6H2,1H3,(H,16,18,19). The second-order valence-electron chi connectivity index (χ2n) is 4.32. The molecule has 19 heavy (non-hydrogen) atoms. The van der Waals surface area contributed by atoms with E-state index in [9.17, 15) is 22.8 Å². The summed E-state index contributed by atoms with van der Waals surface area (Å²) >= 11 is 0. The van der Waals surface area contributed by atoms with Gasteiger partial charge in [0, 0.05) is 5.69 Å². The van der Waals surface area contributed by atoms with Crippen molar-refractivity contribution in [2.45, 2.75) is 13.1 Å². The SMILES string of the molecule is Cc1ccc(N2CC(=O)NC(=O)C2)cc1C(F)(F)F. The molecular weight excluding hydrogens is 261 g/mol. The van der Waals surface area contributed by atoms with Gasteiger partial charge in [-0.15, -0.1) is 0 Å². The van der Waals surface area contributed by atoms with Gasteiger partial charge in [0.2, 0.25) is 11.8 Å². The van der Waals surface area contributed by atoms with Gasteiger partial charge in [0.25, 0.3) is 0 Å². The van der Waals surface area contributed by atoms with Gasteiger partial charge >= 0.3 is 6.18 Å². The molecule has 7 heteroatoms. The van der Waals surface area contributed by atoms with Crippen LogP contribution >= 0.6 is 0 Å². The maximum atomic E-state index is 12.8. The van der Waals surface area contributed by atoms with E-state index in [0.717, 1.165) is 6.07 Å². The smallest absolute Gasteiger partial charge is 0.353 e. The fraction of sp³-hybridized carbons (Fsp3) is 0.333. The number of benzene rings is 1. The number of carbonyl (C=O) groups excluding carboxylic acids is 2. The van der Waals surface area contributed by atoms with Gasteiger partial charge in [-0.3, -0.25) is 14.9 Å². The van der Waals surface area contributed by atoms with E-state index in [1.165, 1.54) is 24.0 Å². The van der Waals surface area contributed by atoms with Gasteiger partial charge in [0.15, 0.2) is 0 Å². The number of imide groups is 1. The highest BCUT2D eigenvalue weighted by Crippen LogP contribution is 2.34. The Morgan fingerprint density at radius 3 is 2.26 bits per heavy atom. The zero-order chi connectivity index (χ0) is 14.2. The van der Waals surface area contributed by atoms with Crippen LogP contribution in [0, 0.1) is 6.92 Å². The van der Waals surface area contributed by atoms with Crippen molar-refractivity contribution in [3.8, 4) is 0 Å². The van der Waals surface area contributed by atoms with Crippen LogP contribution < -0.4 is 10.2 Å². The Morgan fingerprint density at radius 2 is 1.74 bits per heavy atom. The first-order chi connectivity index (χ1) is 8.77. The number of nitrogens with zero attached hydrogens (tertiary/aromatic N) is 1. The van der Waals surface area contributed by atoms with Crippen molar-refractivity contribution in [3.05, 3.63) is 29.3 Å². The second kappa shape index (κ2) is 4.56. The summed E-state index contributed by atoms with van der Waals surface area (Å²) in [6.45, 7) is 1.10. The number of hydrogen-bond donors (Lipinski definition) is 1. The minimum atomic E-state index is -4.46. The lowest BCUT2D eigenvalue weighted by Crippen LogP contribution is -2.51. The predicted octanol–water partition coefficient (Wildman–Crippen LogP) is 1.48. The van der Waals surface area contributed by atoms with Crippen LogP contribution in [-0.4, -0.2) is 24.9 Å². The van der Waals surface area contributed by atoms with E-state index in [1.807, 2.05) is 0 Å². The molecule has 102 valence electrons. The van der Waals surface area contributed by atoms with Crippen LogP contribution in [0.2, 0.25) is 0 Å². The third kappa shape index (κ3) is 2.86. The van der Waals surface area contributed by atoms with Gasteiger partial charge < -0.3 is 4.90 Å². The topological polar surface area (TPSA) is 49.4 Å². The van der Waals surface area contributed by atoms with Crippen molar-refractivity contribution in [1.82, 2.24) is 5.32 Å². The van der Waals surface area contributed by atoms with Gasteiger partial charge in [-0.2, -0.15) is 13.2 Å². The van der Waals surface area contributed by atoms with Crippen LogP contribution in [0.3, 0.4) is 0 Å². The molecule has 0 atom stereocenters. The maximum Gasteiger partial charge on any atom is 0.416 e. The number of rotatable bonds is 1. The largest absolute Gasteiger partial charge is 0.416 e. The second-order valence-corrected chi connectivity index (χ2v) is 4.32. The summed E-state index contributed by atoms with van der Waals surface area (Å²) in [5.41, 5.74) is -0.450. The molecule has 4 nitrogen and oxygen atoms in total. The minimum absolute atomic E-state index is 0.101. The Balaban J connectivity index is 2.36. The quantitative estimate of drug-likeness (QED) is 0.788. The van der Waals surface area contributed by atoms with Gasteiger partial charge in [-0.1, -0.05) is 6.07 Å². The molecule has 1 aliphatic heterocycles. The van der Waals surface area contributed by atoms with Crippen LogP contribution in [0.4, 0.5) is 18.9 Å². The molecule has 0 aliphatic carbocycles. The summed E-state index contributed by atoms with van der Waals surface area (Å²) < 4.78 is 38.4. The van der Waals surface area contributed by atoms with Crippen molar-refractivity contribution in [2.75, 3.05) is 18.0 Å². The summed E-state index contributed by atoms with van der Waals surface area (Å²) in [4.78, 5) is 23.7. The number of hydrogen-bond acceptors (Lipinski definition) is 3. The lowest BCUT2D eigenvalue weighted by Gasteiger charge is -2.28. The first-order valence-electron chi connectivity index (χ1n) is 5.53. The van der Waals surface area contributed by atoms with Crippen LogP contribution in [0.5, 0.6) is 0 Å². The molecule has 0 aromatic heterocycles. The molecule has 2 rings (SSSR count). The number of nitrogens with one attached hydrogen (secondary N) is 1. The summed E-state index contributed by atoms with van der Waals surface area (Å²) in [6, 6.07) is 3.76. The summed E-state index contributed by atoms with van der Waals surface area (Å²) in [7, 11) is 0. The number of amides is 2. The molecule has 1 aromatic carbocycles. The molecule has 1 N–H and O–H groups in total. The third-order valence-electron chi connectivity index (χ3n) is 2.84. The maximum absolute atomic E-state index is 12.8. The van der Waals surface area contributed by atoms with Crippen LogP contribution in [-0.2, 0) is 15.8 Å². The van der Waals surface area contributed by atoms with Crippen molar-refractivity contribution < 1.29 is 22.8 Å². The molecule has 0 radical (unpaired) electrons. The average molecular weight is 272 g/mol. The third-order valence-corrected chi connectivity index (χ3v) is 2.84. The Bertz CT molecular complexity index is 524. The van der Waals surface area contributed by atoms with Crippen LogP contribution in [0.1, 0.15) is 11.1 Å². The van der Waals surface area contributed by atoms with Crippen molar-refractivity contribution in [1.29, 1.82) is 0 Å². The molecule has 0 spiro atoms. The van der Waals surface area contributed by atoms with Crippen LogP contribution in [0.25, 0.3) is 0 Å². The predicted molar refractivity (Wildman–Crippen MR) is 61.5 cm³/mol. The number of anilines is 1. The Hall–Kier alpha value is -2.05. The molecule has 0 bridgehead atoms.